The van der Waals surface area contributed by atoms with Gasteiger partial charge in [-0.05, 0) is 26.2 Å². The second-order valence-corrected chi connectivity index (χ2v) is 4.96. The van der Waals surface area contributed by atoms with Gasteiger partial charge in [0.05, 0.1) is 12.2 Å². The van der Waals surface area contributed by atoms with Gasteiger partial charge in [0.1, 0.15) is 16.8 Å². The van der Waals surface area contributed by atoms with E-state index in [9.17, 15) is 9.90 Å². The number of fused-ring (bicyclic) bond motifs is 2. The highest BCUT2D eigenvalue weighted by atomic mass is 16.6. The number of rotatable bonds is 3. The summed E-state index contributed by atoms with van der Waals surface area (Å²) in [7, 11) is 0. The first-order chi connectivity index (χ1) is 8.12. The number of hydrogen-bond donors (Lipinski definition) is 1. The fraction of sp³-hybridized carbons (Fsp3) is 0.727. The molecule has 2 fully saturated rings. The third kappa shape index (κ3) is 1.47. The lowest BCUT2D eigenvalue weighted by Crippen LogP contribution is -2.42. The van der Waals surface area contributed by atoms with Crippen LogP contribution in [0.5, 0.6) is 0 Å². The van der Waals surface area contributed by atoms with Crippen molar-refractivity contribution >= 4 is 5.97 Å². The van der Waals surface area contributed by atoms with Gasteiger partial charge in [-0.3, -0.25) is 4.79 Å². The molecule has 0 radical (unpaired) electrons. The fourth-order valence-corrected chi connectivity index (χ4v) is 3.00. The normalized spacial score (nSPS) is 35.4. The second-order valence-electron chi connectivity index (χ2n) is 4.96. The molecular weight excluding hydrogens is 224 g/mol. The minimum absolute atomic E-state index is 0.0938. The molecule has 6 nitrogen and oxygen atoms in total. The van der Waals surface area contributed by atoms with Gasteiger partial charge in [-0.1, -0.05) is 10.3 Å². The Labute approximate surface area is 97.9 Å². The van der Waals surface area contributed by atoms with Crippen molar-refractivity contribution in [2.45, 2.75) is 44.8 Å². The number of hydrogen-bond acceptors (Lipinski definition) is 5. The van der Waals surface area contributed by atoms with Crippen LogP contribution < -0.4 is 0 Å². The molecule has 2 bridgehead atoms. The van der Waals surface area contributed by atoms with E-state index in [1.54, 1.807) is 6.92 Å². The summed E-state index contributed by atoms with van der Waals surface area (Å²) >= 11 is 0. The van der Waals surface area contributed by atoms with Crippen LogP contribution in [0.25, 0.3) is 0 Å². The lowest BCUT2D eigenvalue weighted by molar-refractivity contribution is -0.152. The van der Waals surface area contributed by atoms with Crippen LogP contribution in [0.2, 0.25) is 0 Å². The Hall–Kier alpha value is -1.43. The maximum absolute atomic E-state index is 11.6. The average molecular weight is 238 g/mol. The molecule has 17 heavy (non-hydrogen) atoms. The lowest BCUT2D eigenvalue weighted by atomic mass is 9.71. The van der Waals surface area contributed by atoms with E-state index in [0.29, 0.717) is 24.2 Å². The van der Waals surface area contributed by atoms with E-state index in [4.69, 9.17) is 4.74 Å². The smallest absolute Gasteiger partial charge is 0.312 e. The molecule has 2 saturated heterocycles. The van der Waals surface area contributed by atoms with Gasteiger partial charge in [0.15, 0.2) is 0 Å². The Morgan fingerprint density at radius 3 is 2.82 bits per heavy atom. The molecule has 6 heteroatoms. The van der Waals surface area contributed by atoms with Crippen LogP contribution in [-0.2, 0) is 16.0 Å². The summed E-state index contributed by atoms with van der Waals surface area (Å²) < 4.78 is 10.3. The molecule has 1 aromatic heterocycles. The number of aromatic nitrogens is 2. The molecule has 0 saturated carbocycles. The predicted molar refractivity (Wildman–Crippen MR) is 55.3 cm³/mol. The van der Waals surface area contributed by atoms with Crippen molar-refractivity contribution < 1.29 is 19.3 Å². The summed E-state index contributed by atoms with van der Waals surface area (Å²) in [6, 6.07) is 0. The molecule has 2 aliphatic heterocycles. The maximum Gasteiger partial charge on any atom is 0.312 e. The second kappa shape index (κ2) is 3.53. The van der Waals surface area contributed by atoms with Crippen LogP contribution in [0.1, 0.15) is 30.7 Å². The summed E-state index contributed by atoms with van der Waals surface area (Å²) in [6.45, 7) is 1.77. The number of ether oxygens (including phenoxy) is 1. The minimum atomic E-state index is -0.841. The number of aliphatic carboxylic acids is 1. The maximum atomic E-state index is 11.6. The van der Waals surface area contributed by atoms with Gasteiger partial charge in [0.2, 0.25) is 0 Å². The van der Waals surface area contributed by atoms with Crippen LogP contribution in [-0.4, -0.2) is 33.6 Å². The molecular formula is C11H14N2O4. The van der Waals surface area contributed by atoms with Crippen LogP contribution in [0.3, 0.4) is 0 Å². The van der Waals surface area contributed by atoms with Crippen molar-refractivity contribution in [3.63, 3.8) is 0 Å². The Kier molecular flexibility index (Phi) is 2.22. The summed E-state index contributed by atoms with van der Waals surface area (Å²) in [5.41, 5.74) is 0.448. The van der Waals surface area contributed by atoms with E-state index < -0.39 is 11.4 Å². The van der Waals surface area contributed by atoms with Crippen molar-refractivity contribution in [3.05, 3.63) is 11.4 Å². The van der Waals surface area contributed by atoms with E-state index >= 15 is 0 Å². The summed E-state index contributed by atoms with van der Waals surface area (Å²) in [6.07, 6.45) is 2.60. The first-order valence-electron chi connectivity index (χ1n) is 5.79. The van der Waals surface area contributed by atoms with E-state index in [2.05, 4.69) is 14.9 Å². The standard InChI is InChI=1S/C11H14N2O4/c1-6-8(13-17-12-6)5-11(10(14)15)4-7-2-3-9(11)16-7/h7,9H,2-5H2,1H3,(H,14,15). The fourth-order valence-electron chi connectivity index (χ4n) is 3.00. The molecule has 0 spiro atoms. The van der Waals surface area contributed by atoms with Gasteiger partial charge >= 0.3 is 5.97 Å². The molecule has 3 unspecified atom stereocenters. The van der Waals surface area contributed by atoms with Gasteiger partial charge in [-0.15, -0.1) is 0 Å². The zero-order chi connectivity index (χ0) is 12.0. The largest absolute Gasteiger partial charge is 0.481 e. The quantitative estimate of drug-likeness (QED) is 0.843. The van der Waals surface area contributed by atoms with Crippen molar-refractivity contribution in [1.29, 1.82) is 0 Å². The SMILES string of the molecule is Cc1nonc1CC1(C(=O)O)CC2CCC1O2. The minimum Gasteiger partial charge on any atom is -0.481 e. The highest BCUT2D eigenvalue weighted by molar-refractivity contribution is 5.76. The van der Waals surface area contributed by atoms with Gasteiger partial charge in [-0.2, -0.15) is 0 Å². The van der Waals surface area contributed by atoms with Crippen molar-refractivity contribution in [3.8, 4) is 0 Å². The first kappa shape index (κ1) is 10.7. The molecule has 3 atom stereocenters. The Morgan fingerprint density at radius 1 is 1.53 bits per heavy atom. The van der Waals surface area contributed by atoms with Crippen molar-refractivity contribution in [2.24, 2.45) is 5.41 Å². The zero-order valence-corrected chi connectivity index (χ0v) is 9.55. The van der Waals surface area contributed by atoms with E-state index in [1.165, 1.54) is 0 Å². The van der Waals surface area contributed by atoms with Crippen molar-refractivity contribution in [2.75, 3.05) is 0 Å². The van der Waals surface area contributed by atoms with E-state index in [-0.39, 0.29) is 12.2 Å². The molecule has 2 aliphatic rings. The Morgan fingerprint density at radius 2 is 2.35 bits per heavy atom. The molecule has 0 amide bonds. The van der Waals surface area contributed by atoms with Gasteiger partial charge in [0.25, 0.3) is 0 Å². The van der Waals surface area contributed by atoms with Crippen LogP contribution in [0, 0.1) is 12.3 Å². The molecule has 1 N–H and O–H groups in total. The van der Waals surface area contributed by atoms with Crippen LogP contribution >= 0.6 is 0 Å². The first-order valence-corrected chi connectivity index (χ1v) is 5.79. The van der Waals surface area contributed by atoms with E-state index in [1.807, 2.05) is 0 Å². The zero-order valence-electron chi connectivity index (χ0n) is 9.55. The third-order valence-corrected chi connectivity index (χ3v) is 3.97. The monoisotopic (exact) mass is 238 g/mol. The molecule has 1 aromatic rings. The van der Waals surface area contributed by atoms with Crippen molar-refractivity contribution in [1.82, 2.24) is 10.3 Å². The van der Waals surface area contributed by atoms with Crippen LogP contribution in [0.15, 0.2) is 4.63 Å². The summed E-state index contributed by atoms with van der Waals surface area (Å²) in [5.74, 6) is -0.799. The third-order valence-electron chi connectivity index (χ3n) is 3.97. The Balaban J connectivity index is 1.92. The number of carboxylic acids is 1. The van der Waals surface area contributed by atoms with E-state index in [0.717, 1.165) is 12.8 Å². The van der Waals surface area contributed by atoms with Crippen LogP contribution in [0.4, 0.5) is 0 Å². The summed E-state index contributed by atoms with van der Waals surface area (Å²) in [4.78, 5) is 11.6. The summed E-state index contributed by atoms with van der Waals surface area (Å²) in [5, 5.41) is 17.0. The molecule has 0 aromatic carbocycles. The Bertz CT molecular complexity index is 458. The highest BCUT2D eigenvalue weighted by Crippen LogP contribution is 2.49. The highest BCUT2D eigenvalue weighted by Gasteiger charge is 2.57. The topological polar surface area (TPSA) is 85.5 Å². The number of carbonyl (C=O) groups is 1. The number of aryl methyl sites for hydroxylation is 1. The molecule has 92 valence electrons. The van der Waals surface area contributed by atoms with Gasteiger partial charge in [0, 0.05) is 6.42 Å². The number of nitrogens with zero attached hydrogens (tertiary/aromatic N) is 2. The lowest BCUT2D eigenvalue weighted by Gasteiger charge is -2.30. The van der Waals surface area contributed by atoms with Gasteiger partial charge < -0.3 is 9.84 Å². The van der Waals surface area contributed by atoms with Gasteiger partial charge in [-0.25, -0.2) is 4.63 Å². The molecule has 3 heterocycles. The predicted octanol–water partition coefficient (Wildman–Crippen LogP) is 0.943. The number of carboxylic acid groups (broad SMARTS) is 1. The molecule has 3 rings (SSSR count). The average Bonchev–Trinajstić information content (AvgIpc) is 2.96. The molecule has 0 aliphatic carbocycles.